The summed E-state index contributed by atoms with van der Waals surface area (Å²) in [5.41, 5.74) is 6.46. The second-order valence-corrected chi connectivity index (χ2v) is 11.9. The quantitative estimate of drug-likeness (QED) is 0.176. The highest BCUT2D eigenvalue weighted by atomic mass is 16.4. The molecule has 0 atom stereocenters. The number of amides is 1. The Balaban J connectivity index is 1.16. The first kappa shape index (κ1) is 29.5. The molecule has 1 heterocycles. The van der Waals surface area contributed by atoms with E-state index in [9.17, 15) is 9.59 Å². The third kappa shape index (κ3) is 7.64. The van der Waals surface area contributed by atoms with Gasteiger partial charge in [-0.05, 0) is 91.2 Å². The number of aromatic nitrogens is 1. The van der Waals surface area contributed by atoms with Crippen LogP contribution in [0.2, 0.25) is 0 Å². The molecule has 5 heteroatoms. The first-order valence-electron chi connectivity index (χ1n) is 15.5. The Kier molecular flexibility index (Phi) is 10.0. The first-order valence-corrected chi connectivity index (χ1v) is 15.5. The van der Waals surface area contributed by atoms with Crippen molar-refractivity contribution in [2.75, 3.05) is 13.6 Å². The van der Waals surface area contributed by atoms with Gasteiger partial charge in [-0.3, -0.25) is 14.6 Å². The van der Waals surface area contributed by atoms with Gasteiger partial charge in [-0.1, -0.05) is 79.6 Å². The van der Waals surface area contributed by atoms with E-state index in [4.69, 9.17) is 5.11 Å². The molecule has 0 saturated heterocycles. The van der Waals surface area contributed by atoms with Crippen molar-refractivity contribution in [2.24, 2.45) is 5.92 Å². The van der Waals surface area contributed by atoms with Crippen molar-refractivity contribution in [1.82, 2.24) is 9.88 Å². The average Bonchev–Trinajstić information content (AvgIpc) is 3.02. The largest absolute Gasteiger partial charge is 0.481 e. The molecule has 0 aliphatic heterocycles. The Bertz CT molecular complexity index is 1470. The normalized spacial score (nSPS) is 16.8. The van der Waals surface area contributed by atoms with Gasteiger partial charge in [0, 0.05) is 31.6 Å². The molecule has 5 nitrogen and oxygen atoms in total. The SMILES string of the molecule is CN(CCCCCCc1ccccc1)C(=O)c1ccnc2cc(-c3ccc(C4CCC(CC(=O)O)CC4)cc3)ccc12. The van der Waals surface area contributed by atoms with Crippen LogP contribution in [0, 0.1) is 5.92 Å². The Labute approximate surface area is 249 Å². The Morgan fingerprint density at radius 3 is 2.29 bits per heavy atom. The molecule has 1 aromatic heterocycles. The van der Waals surface area contributed by atoms with Crippen LogP contribution >= 0.6 is 0 Å². The fourth-order valence-corrected chi connectivity index (χ4v) is 6.39. The second kappa shape index (κ2) is 14.3. The highest BCUT2D eigenvalue weighted by Crippen LogP contribution is 2.38. The number of carbonyl (C=O) groups excluding carboxylic acids is 1. The van der Waals surface area contributed by atoms with Gasteiger partial charge in [-0.15, -0.1) is 0 Å². The number of hydrogen-bond donors (Lipinski definition) is 1. The van der Waals surface area contributed by atoms with Crippen LogP contribution in [0.4, 0.5) is 0 Å². The van der Waals surface area contributed by atoms with E-state index >= 15 is 0 Å². The molecule has 1 saturated carbocycles. The number of nitrogens with zero attached hydrogens (tertiary/aromatic N) is 2. The summed E-state index contributed by atoms with van der Waals surface area (Å²) >= 11 is 0. The highest BCUT2D eigenvalue weighted by Gasteiger charge is 2.24. The van der Waals surface area contributed by atoms with E-state index in [0.717, 1.165) is 73.5 Å². The summed E-state index contributed by atoms with van der Waals surface area (Å²) in [5.74, 6) is 0.177. The van der Waals surface area contributed by atoms with Crippen molar-refractivity contribution in [3.8, 4) is 11.1 Å². The zero-order valence-electron chi connectivity index (χ0n) is 24.7. The van der Waals surface area contributed by atoms with Crippen molar-refractivity contribution in [3.63, 3.8) is 0 Å². The Morgan fingerprint density at radius 1 is 0.833 bits per heavy atom. The molecule has 0 spiro atoms. The number of pyridine rings is 1. The number of carbonyl (C=O) groups is 2. The fraction of sp³-hybridized carbons (Fsp3) is 0.378. The van der Waals surface area contributed by atoms with E-state index in [1.165, 1.54) is 24.0 Å². The summed E-state index contributed by atoms with van der Waals surface area (Å²) in [7, 11) is 1.90. The van der Waals surface area contributed by atoms with Crippen LogP contribution in [0.1, 0.15) is 85.2 Å². The smallest absolute Gasteiger partial charge is 0.303 e. The van der Waals surface area contributed by atoms with E-state index in [-0.39, 0.29) is 5.91 Å². The molecule has 1 aliphatic carbocycles. The number of aryl methyl sites for hydroxylation is 1. The van der Waals surface area contributed by atoms with E-state index < -0.39 is 5.97 Å². The molecule has 1 amide bonds. The highest BCUT2D eigenvalue weighted by molar-refractivity contribution is 6.06. The summed E-state index contributed by atoms with van der Waals surface area (Å²) in [6.07, 6.45) is 11.7. The standard InChI is InChI=1S/C37H42N2O3/c1-39(24-8-3-2-5-9-27-10-6-4-7-11-27)37(42)34-22-23-38-35-26-32(20-21-33(34)35)31-18-16-30(17-19-31)29-14-12-28(13-15-29)25-36(40)41/h4,6-7,10-11,16-23,26,28-29H,2-3,5,8-9,12-15,24-25H2,1H3,(H,40,41). The summed E-state index contributed by atoms with van der Waals surface area (Å²) in [6, 6.07) is 27.4. The van der Waals surface area contributed by atoms with Gasteiger partial charge in [0.25, 0.3) is 5.91 Å². The molecule has 5 rings (SSSR count). The van der Waals surface area contributed by atoms with E-state index in [1.54, 1.807) is 6.20 Å². The monoisotopic (exact) mass is 562 g/mol. The second-order valence-electron chi connectivity index (χ2n) is 11.9. The van der Waals surface area contributed by atoms with Crippen molar-refractivity contribution >= 4 is 22.8 Å². The Hall–Kier alpha value is -3.99. The molecule has 4 aromatic rings. The van der Waals surface area contributed by atoms with Gasteiger partial charge in [-0.25, -0.2) is 0 Å². The average molecular weight is 563 g/mol. The van der Waals surface area contributed by atoms with Gasteiger partial charge in [0.2, 0.25) is 0 Å². The zero-order valence-corrected chi connectivity index (χ0v) is 24.7. The Morgan fingerprint density at radius 2 is 1.55 bits per heavy atom. The van der Waals surface area contributed by atoms with Crippen molar-refractivity contribution in [3.05, 3.63) is 102 Å². The summed E-state index contributed by atoms with van der Waals surface area (Å²) in [6.45, 7) is 0.750. The lowest BCUT2D eigenvalue weighted by Gasteiger charge is -2.28. The van der Waals surface area contributed by atoms with Gasteiger partial charge in [0.05, 0.1) is 11.1 Å². The van der Waals surface area contributed by atoms with Gasteiger partial charge < -0.3 is 10.0 Å². The predicted octanol–water partition coefficient (Wildman–Crippen LogP) is 8.53. The number of aliphatic carboxylic acids is 1. The topological polar surface area (TPSA) is 70.5 Å². The lowest BCUT2D eigenvalue weighted by atomic mass is 9.77. The third-order valence-corrected chi connectivity index (χ3v) is 8.90. The van der Waals surface area contributed by atoms with E-state index in [0.29, 0.717) is 23.8 Å². The van der Waals surface area contributed by atoms with Crippen molar-refractivity contribution < 1.29 is 14.7 Å². The molecule has 0 radical (unpaired) electrons. The zero-order chi connectivity index (χ0) is 29.3. The molecular weight excluding hydrogens is 520 g/mol. The number of rotatable bonds is 12. The van der Waals surface area contributed by atoms with Crippen LogP contribution in [0.3, 0.4) is 0 Å². The summed E-state index contributed by atoms with van der Waals surface area (Å²) in [4.78, 5) is 30.8. The van der Waals surface area contributed by atoms with Gasteiger partial charge in [0.1, 0.15) is 0 Å². The maximum absolute atomic E-state index is 13.3. The molecule has 1 N–H and O–H groups in total. The van der Waals surface area contributed by atoms with Crippen LogP contribution in [0.5, 0.6) is 0 Å². The van der Waals surface area contributed by atoms with Crippen molar-refractivity contribution in [2.45, 2.75) is 70.1 Å². The van der Waals surface area contributed by atoms with Gasteiger partial charge in [-0.2, -0.15) is 0 Å². The number of carboxylic acids is 1. The van der Waals surface area contributed by atoms with Crippen molar-refractivity contribution in [1.29, 1.82) is 0 Å². The fourth-order valence-electron chi connectivity index (χ4n) is 6.39. The van der Waals surface area contributed by atoms with Crippen LogP contribution in [-0.4, -0.2) is 40.5 Å². The summed E-state index contributed by atoms with van der Waals surface area (Å²) in [5, 5.41) is 9.96. The minimum Gasteiger partial charge on any atom is -0.481 e. The van der Waals surface area contributed by atoms with E-state index in [2.05, 4.69) is 71.7 Å². The van der Waals surface area contributed by atoms with Crippen LogP contribution in [0.15, 0.2) is 85.1 Å². The lowest BCUT2D eigenvalue weighted by Crippen LogP contribution is -2.28. The van der Waals surface area contributed by atoms with Crippen LogP contribution in [0.25, 0.3) is 22.0 Å². The molecule has 218 valence electrons. The van der Waals surface area contributed by atoms with Gasteiger partial charge >= 0.3 is 5.97 Å². The molecule has 3 aromatic carbocycles. The maximum Gasteiger partial charge on any atom is 0.303 e. The van der Waals surface area contributed by atoms with Crippen LogP contribution in [-0.2, 0) is 11.2 Å². The number of fused-ring (bicyclic) bond motifs is 1. The maximum atomic E-state index is 13.3. The number of unbranched alkanes of at least 4 members (excludes halogenated alkanes) is 3. The van der Waals surface area contributed by atoms with E-state index in [1.807, 2.05) is 24.1 Å². The number of carboxylic acid groups (broad SMARTS) is 1. The van der Waals surface area contributed by atoms with Gasteiger partial charge in [0.15, 0.2) is 0 Å². The molecule has 1 fully saturated rings. The molecule has 1 aliphatic rings. The predicted molar refractivity (Wildman–Crippen MR) is 170 cm³/mol. The molecule has 42 heavy (non-hydrogen) atoms. The third-order valence-electron chi connectivity index (χ3n) is 8.90. The number of hydrogen-bond acceptors (Lipinski definition) is 3. The lowest BCUT2D eigenvalue weighted by molar-refractivity contribution is -0.138. The minimum atomic E-state index is -0.683. The first-order chi connectivity index (χ1) is 20.5. The molecular formula is C37H42N2O3. The molecule has 0 bridgehead atoms. The van der Waals surface area contributed by atoms with Crippen LogP contribution < -0.4 is 0 Å². The summed E-state index contributed by atoms with van der Waals surface area (Å²) < 4.78 is 0. The number of benzene rings is 3. The molecule has 0 unspecified atom stereocenters. The minimum absolute atomic E-state index is 0.0434.